The Morgan fingerprint density at radius 2 is 2.00 bits per heavy atom. The molecule has 1 aromatic rings. The van der Waals surface area contributed by atoms with E-state index in [9.17, 15) is 4.79 Å². The summed E-state index contributed by atoms with van der Waals surface area (Å²) in [4.78, 5) is 16.6. The second kappa shape index (κ2) is 11.5. The molecule has 0 aromatic heterocycles. The number of hydrogen-bond donors (Lipinski definition) is 1. The standard InChI is InChI=1S/C21H32N4O/c1-2-25(17-4-3-13-22)21(26)11-14-23-20-9-7-19(8-10-20)12-18-24-15-5-6-16-24/h7-10,23H,2-6,11-12,14-18H2,1H3. The number of nitrogens with zero attached hydrogens (tertiary/aromatic N) is 3. The summed E-state index contributed by atoms with van der Waals surface area (Å²) in [6.07, 6.45) is 5.53. The monoisotopic (exact) mass is 356 g/mol. The predicted octanol–water partition coefficient (Wildman–Crippen LogP) is 3.28. The van der Waals surface area contributed by atoms with Gasteiger partial charge < -0.3 is 15.1 Å². The molecule has 2 rings (SSSR count). The number of benzene rings is 1. The maximum atomic E-state index is 12.2. The van der Waals surface area contributed by atoms with Gasteiger partial charge in [0.05, 0.1) is 6.07 Å². The number of likely N-dealkylation sites (tertiary alicyclic amines) is 1. The molecule has 0 spiro atoms. The highest BCUT2D eigenvalue weighted by Crippen LogP contribution is 2.13. The molecule has 0 radical (unpaired) electrons. The average Bonchev–Trinajstić information content (AvgIpc) is 3.18. The third-order valence-electron chi connectivity index (χ3n) is 4.99. The summed E-state index contributed by atoms with van der Waals surface area (Å²) >= 11 is 0. The zero-order valence-electron chi connectivity index (χ0n) is 16.0. The number of nitrogens with one attached hydrogen (secondary N) is 1. The summed E-state index contributed by atoms with van der Waals surface area (Å²) in [5.74, 6) is 0.153. The fourth-order valence-electron chi connectivity index (χ4n) is 3.36. The molecule has 26 heavy (non-hydrogen) atoms. The first kappa shape index (κ1) is 20.3. The number of amides is 1. The highest BCUT2D eigenvalue weighted by Gasteiger charge is 2.11. The molecule has 0 atom stereocenters. The molecule has 0 bridgehead atoms. The van der Waals surface area contributed by atoms with Crippen LogP contribution in [-0.2, 0) is 11.2 Å². The normalized spacial score (nSPS) is 14.2. The van der Waals surface area contributed by atoms with Crippen molar-refractivity contribution in [1.82, 2.24) is 9.80 Å². The molecule has 1 aliphatic rings. The maximum Gasteiger partial charge on any atom is 0.224 e. The first-order valence-corrected chi connectivity index (χ1v) is 9.93. The molecule has 142 valence electrons. The van der Waals surface area contributed by atoms with Gasteiger partial charge in [0.2, 0.25) is 5.91 Å². The first-order chi connectivity index (χ1) is 12.7. The molecule has 0 saturated carbocycles. The van der Waals surface area contributed by atoms with E-state index in [2.05, 4.69) is 40.6 Å². The molecule has 0 unspecified atom stereocenters. The van der Waals surface area contributed by atoms with Gasteiger partial charge in [0, 0.05) is 44.7 Å². The van der Waals surface area contributed by atoms with E-state index in [-0.39, 0.29) is 5.91 Å². The number of rotatable bonds is 11. The summed E-state index contributed by atoms with van der Waals surface area (Å²) in [5, 5.41) is 11.9. The quantitative estimate of drug-likeness (QED) is 0.618. The van der Waals surface area contributed by atoms with E-state index in [1.807, 2.05) is 11.8 Å². The molecule has 5 nitrogen and oxygen atoms in total. The highest BCUT2D eigenvalue weighted by molar-refractivity contribution is 5.76. The molecular formula is C21H32N4O. The van der Waals surface area contributed by atoms with Crippen LogP contribution in [0.2, 0.25) is 0 Å². The average molecular weight is 357 g/mol. The molecular weight excluding hydrogens is 324 g/mol. The topological polar surface area (TPSA) is 59.4 Å². The first-order valence-electron chi connectivity index (χ1n) is 9.93. The van der Waals surface area contributed by atoms with Crippen LogP contribution in [0.1, 0.15) is 44.6 Å². The van der Waals surface area contributed by atoms with Crippen LogP contribution in [0, 0.1) is 11.3 Å². The molecule has 1 saturated heterocycles. The molecule has 1 fully saturated rings. The third-order valence-corrected chi connectivity index (χ3v) is 4.99. The highest BCUT2D eigenvalue weighted by atomic mass is 16.2. The van der Waals surface area contributed by atoms with Crippen LogP contribution in [0.4, 0.5) is 5.69 Å². The van der Waals surface area contributed by atoms with Crippen molar-refractivity contribution in [2.75, 3.05) is 44.6 Å². The van der Waals surface area contributed by atoms with Gasteiger partial charge in [0.15, 0.2) is 0 Å². The van der Waals surface area contributed by atoms with E-state index in [1.54, 1.807) is 0 Å². The molecule has 1 amide bonds. The number of anilines is 1. The van der Waals surface area contributed by atoms with Crippen molar-refractivity contribution in [3.05, 3.63) is 29.8 Å². The Morgan fingerprint density at radius 3 is 2.65 bits per heavy atom. The van der Waals surface area contributed by atoms with Crippen molar-refractivity contribution in [3.8, 4) is 6.07 Å². The zero-order valence-corrected chi connectivity index (χ0v) is 16.0. The van der Waals surface area contributed by atoms with Gasteiger partial charge in [-0.15, -0.1) is 0 Å². The molecule has 0 aliphatic carbocycles. The van der Waals surface area contributed by atoms with E-state index in [1.165, 1.54) is 31.5 Å². The predicted molar refractivity (Wildman–Crippen MR) is 106 cm³/mol. The summed E-state index contributed by atoms with van der Waals surface area (Å²) < 4.78 is 0. The fourth-order valence-corrected chi connectivity index (χ4v) is 3.36. The number of carbonyl (C=O) groups excluding carboxylic acids is 1. The van der Waals surface area contributed by atoms with Crippen LogP contribution in [-0.4, -0.2) is 55.0 Å². The van der Waals surface area contributed by atoms with Gasteiger partial charge in [0.25, 0.3) is 0 Å². The van der Waals surface area contributed by atoms with E-state index in [0.717, 1.165) is 25.1 Å². The number of unbranched alkanes of at least 4 members (excludes halogenated alkanes) is 1. The van der Waals surface area contributed by atoms with E-state index in [0.29, 0.717) is 32.5 Å². The summed E-state index contributed by atoms with van der Waals surface area (Å²) in [7, 11) is 0. The maximum absolute atomic E-state index is 12.2. The van der Waals surface area contributed by atoms with Crippen LogP contribution >= 0.6 is 0 Å². The Morgan fingerprint density at radius 1 is 1.27 bits per heavy atom. The molecule has 1 N–H and O–H groups in total. The van der Waals surface area contributed by atoms with Crippen LogP contribution in [0.15, 0.2) is 24.3 Å². The lowest BCUT2D eigenvalue weighted by Gasteiger charge is -2.20. The van der Waals surface area contributed by atoms with Crippen LogP contribution in [0.5, 0.6) is 0 Å². The summed E-state index contributed by atoms with van der Waals surface area (Å²) in [6.45, 7) is 7.65. The minimum absolute atomic E-state index is 0.153. The van der Waals surface area contributed by atoms with Crippen LogP contribution < -0.4 is 5.32 Å². The van der Waals surface area contributed by atoms with Gasteiger partial charge in [-0.25, -0.2) is 0 Å². The van der Waals surface area contributed by atoms with E-state index >= 15 is 0 Å². The van der Waals surface area contributed by atoms with E-state index in [4.69, 9.17) is 5.26 Å². The number of nitriles is 1. The summed E-state index contributed by atoms with van der Waals surface area (Å²) in [5.41, 5.74) is 2.43. The van der Waals surface area contributed by atoms with Crippen molar-refractivity contribution in [2.45, 2.75) is 45.4 Å². The largest absolute Gasteiger partial charge is 0.385 e. The van der Waals surface area contributed by atoms with Crippen LogP contribution in [0.3, 0.4) is 0 Å². The van der Waals surface area contributed by atoms with Gasteiger partial charge in [0.1, 0.15) is 0 Å². The Kier molecular flexibility index (Phi) is 8.99. The van der Waals surface area contributed by atoms with Crippen molar-refractivity contribution in [1.29, 1.82) is 5.26 Å². The van der Waals surface area contributed by atoms with Gasteiger partial charge in [-0.05, 0) is 63.4 Å². The van der Waals surface area contributed by atoms with Crippen molar-refractivity contribution in [2.24, 2.45) is 0 Å². The van der Waals surface area contributed by atoms with Gasteiger partial charge >= 0.3 is 0 Å². The van der Waals surface area contributed by atoms with Crippen LogP contribution in [0.25, 0.3) is 0 Å². The van der Waals surface area contributed by atoms with E-state index < -0.39 is 0 Å². The fraction of sp³-hybridized carbons (Fsp3) is 0.619. The smallest absolute Gasteiger partial charge is 0.224 e. The minimum atomic E-state index is 0.153. The molecule has 1 heterocycles. The van der Waals surface area contributed by atoms with Crippen molar-refractivity contribution >= 4 is 11.6 Å². The minimum Gasteiger partial charge on any atom is -0.385 e. The number of carbonyl (C=O) groups is 1. The lowest BCUT2D eigenvalue weighted by atomic mass is 10.1. The van der Waals surface area contributed by atoms with Crippen molar-refractivity contribution in [3.63, 3.8) is 0 Å². The Balaban J connectivity index is 1.66. The molecule has 1 aliphatic heterocycles. The Hall–Kier alpha value is -2.06. The lowest BCUT2D eigenvalue weighted by Crippen LogP contribution is -2.32. The molecule has 5 heteroatoms. The Bertz CT molecular complexity index is 573. The molecule has 1 aromatic carbocycles. The number of hydrogen-bond acceptors (Lipinski definition) is 4. The zero-order chi connectivity index (χ0) is 18.6. The van der Waals surface area contributed by atoms with Gasteiger partial charge in [-0.1, -0.05) is 12.1 Å². The lowest BCUT2D eigenvalue weighted by molar-refractivity contribution is -0.130. The van der Waals surface area contributed by atoms with Gasteiger partial charge in [-0.2, -0.15) is 5.26 Å². The SMILES string of the molecule is CCN(CCCC#N)C(=O)CCNc1ccc(CCN2CCCC2)cc1. The third kappa shape index (κ3) is 7.05. The van der Waals surface area contributed by atoms with Crippen molar-refractivity contribution < 1.29 is 4.79 Å². The second-order valence-corrected chi connectivity index (χ2v) is 6.91. The second-order valence-electron chi connectivity index (χ2n) is 6.91. The summed E-state index contributed by atoms with van der Waals surface area (Å²) in [6, 6.07) is 10.7. The van der Waals surface area contributed by atoms with Gasteiger partial charge in [-0.3, -0.25) is 4.79 Å². The Labute approximate surface area is 158 Å².